The lowest BCUT2D eigenvalue weighted by Crippen LogP contribution is -2.22. The zero-order valence-corrected chi connectivity index (χ0v) is 15.8. The van der Waals surface area contributed by atoms with Crippen molar-refractivity contribution in [1.82, 2.24) is 4.98 Å². The van der Waals surface area contributed by atoms with Crippen molar-refractivity contribution in [3.05, 3.63) is 47.7 Å². The molecule has 1 amide bonds. The van der Waals surface area contributed by atoms with Crippen LogP contribution >= 0.6 is 0 Å². The van der Waals surface area contributed by atoms with Crippen molar-refractivity contribution < 1.29 is 4.79 Å². The topological polar surface area (TPSA) is 57.3 Å². The summed E-state index contributed by atoms with van der Waals surface area (Å²) in [7, 11) is 0. The van der Waals surface area contributed by atoms with Gasteiger partial charge in [-0.2, -0.15) is 0 Å². The fourth-order valence-corrected chi connectivity index (χ4v) is 2.71. The molecule has 5 heteroatoms. The van der Waals surface area contributed by atoms with Crippen LogP contribution in [-0.4, -0.2) is 30.0 Å². The number of carbonyl (C=O) groups is 1. The number of nitrogens with one attached hydrogen (secondary N) is 2. The number of amides is 1. The Balaban J connectivity index is 2.15. The molecule has 2 rings (SSSR count). The molecule has 2 aromatic rings. The lowest BCUT2D eigenvalue weighted by atomic mass is 10.1. The Morgan fingerprint density at radius 3 is 2.48 bits per heavy atom. The first-order valence-corrected chi connectivity index (χ1v) is 8.84. The number of nitrogens with zero attached hydrogens (tertiary/aromatic N) is 2. The van der Waals surface area contributed by atoms with Gasteiger partial charge in [-0.25, -0.2) is 4.98 Å². The van der Waals surface area contributed by atoms with Crippen LogP contribution in [0.1, 0.15) is 43.6 Å². The molecule has 0 fully saturated rings. The molecule has 2 N–H and O–H groups in total. The molecule has 0 aliphatic heterocycles. The van der Waals surface area contributed by atoms with Gasteiger partial charge in [-0.3, -0.25) is 4.79 Å². The molecule has 0 bridgehead atoms. The van der Waals surface area contributed by atoms with Crippen LogP contribution in [0.15, 0.2) is 36.5 Å². The van der Waals surface area contributed by atoms with E-state index < -0.39 is 0 Å². The molecule has 134 valence electrons. The third-order valence-corrected chi connectivity index (χ3v) is 4.05. The Hall–Kier alpha value is -2.56. The van der Waals surface area contributed by atoms with E-state index in [0.717, 1.165) is 24.3 Å². The predicted octanol–water partition coefficient (Wildman–Crippen LogP) is 4.31. The van der Waals surface area contributed by atoms with E-state index in [4.69, 9.17) is 0 Å². The number of anilines is 3. The van der Waals surface area contributed by atoms with E-state index in [-0.39, 0.29) is 11.9 Å². The fraction of sp³-hybridized carbons (Fsp3) is 0.400. The summed E-state index contributed by atoms with van der Waals surface area (Å²) in [6, 6.07) is 9.89. The van der Waals surface area contributed by atoms with Gasteiger partial charge in [0, 0.05) is 42.3 Å². The summed E-state index contributed by atoms with van der Waals surface area (Å²) in [6.07, 6.45) is 1.65. The molecule has 0 saturated carbocycles. The first-order chi connectivity index (χ1) is 11.9. The maximum absolute atomic E-state index is 12.6. The van der Waals surface area contributed by atoms with Gasteiger partial charge in [-0.15, -0.1) is 0 Å². The lowest BCUT2D eigenvalue weighted by Gasteiger charge is -2.22. The lowest BCUT2D eigenvalue weighted by molar-refractivity contribution is 0.102. The molecule has 0 saturated heterocycles. The molecule has 0 aliphatic carbocycles. The van der Waals surface area contributed by atoms with Crippen molar-refractivity contribution in [3.8, 4) is 0 Å². The highest BCUT2D eigenvalue weighted by molar-refractivity contribution is 6.05. The number of pyridine rings is 1. The van der Waals surface area contributed by atoms with Gasteiger partial charge in [0.25, 0.3) is 5.91 Å². The molecule has 1 aromatic heterocycles. The van der Waals surface area contributed by atoms with Crippen LogP contribution in [0.2, 0.25) is 0 Å². The quantitative estimate of drug-likeness (QED) is 0.788. The van der Waals surface area contributed by atoms with Crippen LogP contribution in [0.25, 0.3) is 0 Å². The van der Waals surface area contributed by atoms with Crippen LogP contribution in [0, 0.1) is 6.92 Å². The van der Waals surface area contributed by atoms with Crippen LogP contribution < -0.4 is 15.5 Å². The highest BCUT2D eigenvalue weighted by Gasteiger charge is 2.11. The molecule has 5 nitrogen and oxygen atoms in total. The molecule has 1 aromatic carbocycles. The van der Waals surface area contributed by atoms with Crippen molar-refractivity contribution >= 4 is 23.1 Å². The molecule has 0 radical (unpaired) electrons. The van der Waals surface area contributed by atoms with E-state index in [0.29, 0.717) is 11.4 Å². The molecule has 0 unspecified atom stereocenters. The minimum Gasteiger partial charge on any atom is -0.372 e. The summed E-state index contributed by atoms with van der Waals surface area (Å²) >= 11 is 0. The summed E-state index contributed by atoms with van der Waals surface area (Å²) in [5.41, 5.74) is 3.64. The summed E-state index contributed by atoms with van der Waals surface area (Å²) in [6.45, 7) is 12.3. The number of carbonyl (C=O) groups excluding carboxylic acids is 1. The first-order valence-electron chi connectivity index (χ1n) is 8.84. The van der Waals surface area contributed by atoms with E-state index in [2.05, 4.69) is 40.4 Å². The van der Waals surface area contributed by atoms with E-state index in [9.17, 15) is 4.79 Å². The van der Waals surface area contributed by atoms with Gasteiger partial charge in [0.1, 0.15) is 5.82 Å². The summed E-state index contributed by atoms with van der Waals surface area (Å²) in [5.74, 6) is 0.573. The minimum atomic E-state index is -0.132. The average molecular weight is 340 g/mol. The van der Waals surface area contributed by atoms with Gasteiger partial charge in [0.05, 0.1) is 0 Å². The third-order valence-electron chi connectivity index (χ3n) is 4.05. The van der Waals surface area contributed by atoms with Gasteiger partial charge in [0.15, 0.2) is 0 Å². The van der Waals surface area contributed by atoms with Crippen molar-refractivity contribution in [2.75, 3.05) is 28.6 Å². The molecule has 1 heterocycles. The molecule has 0 atom stereocenters. The molecular weight excluding hydrogens is 312 g/mol. The molecular formula is C20H28N4O. The molecule has 0 spiro atoms. The second-order valence-electron chi connectivity index (χ2n) is 6.35. The minimum absolute atomic E-state index is 0.132. The van der Waals surface area contributed by atoms with E-state index in [1.807, 2.05) is 32.9 Å². The Morgan fingerprint density at radius 2 is 1.88 bits per heavy atom. The Kier molecular flexibility index (Phi) is 6.39. The Bertz CT molecular complexity index is 723. The normalized spacial score (nSPS) is 10.6. The number of aromatic nitrogens is 1. The predicted molar refractivity (Wildman–Crippen MR) is 106 cm³/mol. The second-order valence-corrected chi connectivity index (χ2v) is 6.35. The molecule has 25 heavy (non-hydrogen) atoms. The van der Waals surface area contributed by atoms with Gasteiger partial charge in [-0.1, -0.05) is 0 Å². The highest BCUT2D eigenvalue weighted by atomic mass is 16.1. The van der Waals surface area contributed by atoms with Gasteiger partial charge in [0.2, 0.25) is 0 Å². The summed E-state index contributed by atoms with van der Waals surface area (Å²) in [5, 5.41) is 6.21. The maximum Gasteiger partial charge on any atom is 0.255 e. The van der Waals surface area contributed by atoms with Crippen LogP contribution in [-0.2, 0) is 0 Å². The zero-order valence-electron chi connectivity index (χ0n) is 15.8. The van der Waals surface area contributed by atoms with Crippen LogP contribution in [0.5, 0.6) is 0 Å². The summed E-state index contributed by atoms with van der Waals surface area (Å²) in [4.78, 5) is 19.1. The van der Waals surface area contributed by atoms with E-state index in [1.165, 1.54) is 5.69 Å². The zero-order chi connectivity index (χ0) is 18.4. The van der Waals surface area contributed by atoms with Crippen LogP contribution in [0.3, 0.4) is 0 Å². The number of benzene rings is 1. The number of rotatable bonds is 7. The average Bonchev–Trinajstić information content (AvgIpc) is 2.58. The first kappa shape index (κ1) is 18.8. The standard InChI is InChI=1S/C20H28N4O/c1-6-24(7-2)17-8-9-18(15(5)12-17)23-20(25)16-10-11-21-19(13-16)22-14(3)4/h8-14H,6-7H2,1-5H3,(H,21,22)(H,23,25). The SMILES string of the molecule is CCN(CC)c1ccc(NC(=O)c2ccnc(NC(C)C)c2)c(C)c1. The highest BCUT2D eigenvalue weighted by Crippen LogP contribution is 2.23. The van der Waals surface area contributed by atoms with Crippen molar-refractivity contribution in [2.24, 2.45) is 0 Å². The van der Waals surface area contributed by atoms with E-state index >= 15 is 0 Å². The van der Waals surface area contributed by atoms with Crippen molar-refractivity contribution in [3.63, 3.8) is 0 Å². The fourth-order valence-electron chi connectivity index (χ4n) is 2.71. The van der Waals surface area contributed by atoms with Crippen LogP contribution in [0.4, 0.5) is 17.2 Å². The van der Waals surface area contributed by atoms with Gasteiger partial charge in [-0.05, 0) is 70.5 Å². The number of hydrogen-bond acceptors (Lipinski definition) is 4. The maximum atomic E-state index is 12.6. The monoisotopic (exact) mass is 340 g/mol. The van der Waals surface area contributed by atoms with Crippen molar-refractivity contribution in [1.29, 1.82) is 0 Å². The number of aryl methyl sites for hydroxylation is 1. The van der Waals surface area contributed by atoms with Gasteiger partial charge >= 0.3 is 0 Å². The Morgan fingerprint density at radius 1 is 1.16 bits per heavy atom. The third kappa shape index (κ3) is 4.95. The largest absolute Gasteiger partial charge is 0.372 e. The van der Waals surface area contributed by atoms with Gasteiger partial charge < -0.3 is 15.5 Å². The van der Waals surface area contributed by atoms with Crippen molar-refractivity contribution in [2.45, 2.75) is 40.7 Å². The number of hydrogen-bond donors (Lipinski definition) is 2. The second kappa shape index (κ2) is 8.51. The van der Waals surface area contributed by atoms with E-state index in [1.54, 1.807) is 18.3 Å². The summed E-state index contributed by atoms with van der Waals surface area (Å²) < 4.78 is 0. The Labute approximate surface area is 150 Å². The smallest absolute Gasteiger partial charge is 0.255 e. The molecule has 0 aliphatic rings.